The highest BCUT2D eigenvalue weighted by Gasteiger charge is 2.23. The van der Waals surface area contributed by atoms with Crippen molar-refractivity contribution in [3.63, 3.8) is 0 Å². The van der Waals surface area contributed by atoms with Gasteiger partial charge in [-0.1, -0.05) is 24.3 Å². The number of para-hydroxylation sites is 1. The number of rotatable bonds is 4. The largest absolute Gasteiger partial charge is 0.497 e. The molecule has 0 unspecified atom stereocenters. The van der Waals surface area contributed by atoms with E-state index in [4.69, 9.17) is 19.8 Å². The molecule has 3 heterocycles. The van der Waals surface area contributed by atoms with Gasteiger partial charge in [0.1, 0.15) is 11.8 Å². The van der Waals surface area contributed by atoms with Gasteiger partial charge in [-0.05, 0) is 24.3 Å². The molecule has 152 valence electrons. The van der Waals surface area contributed by atoms with Crippen LogP contribution in [0.5, 0.6) is 5.75 Å². The lowest BCUT2D eigenvalue weighted by Crippen LogP contribution is -2.42. The summed E-state index contributed by atoms with van der Waals surface area (Å²) in [6.45, 7) is 1.83. The predicted molar refractivity (Wildman–Crippen MR) is 114 cm³/mol. The van der Waals surface area contributed by atoms with Gasteiger partial charge < -0.3 is 20.7 Å². The van der Waals surface area contributed by atoms with Gasteiger partial charge in [-0.3, -0.25) is 4.79 Å². The molecule has 2 aromatic heterocycles. The van der Waals surface area contributed by atoms with Crippen LogP contribution in [0.25, 0.3) is 27.9 Å². The highest BCUT2D eigenvalue weighted by molar-refractivity contribution is 5.93. The van der Waals surface area contributed by atoms with Gasteiger partial charge in [0.2, 0.25) is 11.9 Å². The van der Waals surface area contributed by atoms with Crippen molar-refractivity contribution in [3.8, 4) is 17.1 Å². The van der Waals surface area contributed by atoms with Crippen LogP contribution in [0.4, 0.5) is 5.95 Å². The van der Waals surface area contributed by atoms with Gasteiger partial charge >= 0.3 is 0 Å². The molecule has 9 nitrogen and oxygen atoms in total. The number of benzene rings is 2. The zero-order valence-electron chi connectivity index (χ0n) is 16.4. The Kier molecular flexibility index (Phi) is 4.64. The standard InChI is InChI=1S/C21H21N7O2/c1-30-14-6-4-5-13(11-14)18-26-19-15-7-2-3-8-16(15)24-21(28(19)27-18)25-17-12-22-9-10-23-20(17)29/h2-8,11,17,22H,9-10,12H2,1H3,(H,23,29)(H,24,25)/t17-/m0/s1. The molecule has 1 amide bonds. The SMILES string of the molecule is COc1cccc(-c2nc3c4ccccc4nc(N[C@H]4CNCCNC4=O)n3n2)c1. The van der Waals surface area contributed by atoms with Crippen molar-refractivity contribution >= 4 is 28.4 Å². The Morgan fingerprint density at radius 1 is 1.13 bits per heavy atom. The topological polar surface area (TPSA) is 105 Å². The van der Waals surface area contributed by atoms with Crippen LogP contribution in [0, 0.1) is 0 Å². The first kappa shape index (κ1) is 18.3. The van der Waals surface area contributed by atoms with Crippen molar-refractivity contribution in [1.82, 2.24) is 30.2 Å². The number of hydrogen-bond donors (Lipinski definition) is 3. The number of amides is 1. The van der Waals surface area contributed by atoms with E-state index in [1.54, 1.807) is 11.6 Å². The van der Waals surface area contributed by atoms with Gasteiger partial charge in [0.25, 0.3) is 0 Å². The van der Waals surface area contributed by atoms with E-state index in [1.807, 2.05) is 48.5 Å². The van der Waals surface area contributed by atoms with Crippen LogP contribution in [-0.2, 0) is 4.79 Å². The summed E-state index contributed by atoms with van der Waals surface area (Å²) in [6.07, 6.45) is 0. The van der Waals surface area contributed by atoms with Gasteiger partial charge in [-0.2, -0.15) is 4.52 Å². The van der Waals surface area contributed by atoms with Gasteiger partial charge in [-0.25, -0.2) is 9.97 Å². The number of carbonyl (C=O) groups is 1. The number of aromatic nitrogens is 4. The zero-order valence-corrected chi connectivity index (χ0v) is 16.4. The smallest absolute Gasteiger partial charge is 0.243 e. The Morgan fingerprint density at radius 2 is 2.03 bits per heavy atom. The molecule has 1 aliphatic rings. The number of nitrogens with one attached hydrogen (secondary N) is 3. The van der Waals surface area contributed by atoms with Crippen LogP contribution >= 0.6 is 0 Å². The number of methoxy groups -OCH3 is 1. The quantitative estimate of drug-likeness (QED) is 0.474. The van der Waals surface area contributed by atoms with Crippen LogP contribution in [0.2, 0.25) is 0 Å². The fraction of sp³-hybridized carbons (Fsp3) is 0.238. The van der Waals surface area contributed by atoms with Crippen molar-refractivity contribution in [1.29, 1.82) is 0 Å². The third-order valence-corrected chi connectivity index (χ3v) is 5.08. The highest BCUT2D eigenvalue weighted by Crippen LogP contribution is 2.26. The van der Waals surface area contributed by atoms with Crippen LogP contribution in [0.15, 0.2) is 48.5 Å². The maximum atomic E-state index is 12.4. The maximum Gasteiger partial charge on any atom is 0.243 e. The fourth-order valence-corrected chi connectivity index (χ4v) is 3.54. The number of nitrogens with zero attached hydrogens (tertiary/aromatic N) is 4. The third kappa shape index (κ3) is 3.29. The summed E-state index contributed by atoms with van der Waals surface area (Å²) in [4.78, 5) is 21.9. The molecular weight excluding hydrogens is 382 g/mol. The minimum absolute atomic E-state index is 0.0729. The minimum Gasteiger partial charge on any atom is -0.497 e. The van der Waals surface area contributed by atoms with E-state index in [-0.39, 0.29) is 5.91 Å². The average molecular weight is 403 g/mol. The van der Waals surface area contributed by atoms with E-state index in [0.717, 1.165) is 28.8 Å². The van der Waals surface area contributed by atoms with Crippen molar-refractivity contribution in [2.24, 2.45) is 0 Å². The van der Waals surface area contributed by atoms with E-state index >= 15 is 0 Å². The van der Waals surface area contributed by atoms with Gasteiger partial charge in [-0.15, -0.1) is 5.10 Å². The second-order valence-corrected chi connectivity index (χ2v) is 7.05. The van der Waals surface area contributed by atoms with Crippen LogP contribution in [-0.4, -0.2) is 58.3 Å². The van der Waals surface area contributed by atoms with E-state index in [0.29, 0.717) is 30.5 Å². The molecule has 30 heavy (non-hydrogen) atoms. The normalized spacial score (nSPS) is 17.0. The molecule has 1 aliphatic heterocycles. The summed E-state index contributed by atoms with van der Waals surface area (Å²) in [6, 6.07) is 14.9. The molecule has 4 aromatic rings. The van der Waals surface area contributed by atoms with Crippen LogP contribution in [0.3, 0.4) is 0 Å². The lowest BCUT2D eigenvalue weighted by molar-refractivity contribution is -0.121. The molecule has 9 heteroatoms. The Morgan fingerprint density at radius 3 is 2.93 bits per heavy atom. The molecule has 3 N–H and O–H groups in total. The molecule has 0 radical (unpaired) electrons. The maximum absolute atomic E-state index is 12.4. The van der Waals surface area contributed by atoms with E-state index in [1.165, 1.54) is 0 Å². The lowest BCUT2D eigenvalue weighted by atomic mass is 10.2. The average Bonchev–Trinajstić information content (AvgIpc) is 3.14. The van der Waals surface area contributed by atoms with E-state index in [9.17, 15) is 4.79 Å². The number of carbonyl (C=O) groups excluding carboxylic acids is 1. The zero-order chi connectivity index (χ0) is 20.5. The summed E-state index contributed by atoms with van der Waals surface area (Å²) < 4.78 is 6.99. The summed E-state index contributed by atoms with van der Waals surface area (Å²) in [7, 11) is 1.63. The van der Waals surface area contributed by atoms with E-state index < -0.39 is 6.04 Å². The highest BCUT2D eigenvalue weighted by atomic mass is 16.5. The molecular formula is C21H21N7O2. The van der Waals surface area contributed by atoms with Crippen LogP contribution in [0.1, 0.15) is 0 Å². The summed E-state index contributed by atoms with van der Waals surface area (Å²) >= 11 is 0. The van der Waals surface area contributed by atoms with Crippen molar-refractivity contribution in [3.05, 3.63) is 48.5 Å². The van der Waals surface area contributed by atoms with Gasteiger partial charge in [0.15, 0.2) is 11.5 Å². The second kappa shape index (κ2) is 7.60. The molecule has 0 bridgehead atoms. The third-order valence-electron chi connectivity index (χ3n) is 5.08. The summed E-state index contributed by atoms with van der Waals surface area (Å²) in [5.74, 6) is 1.68. The molecule has 5 rings (SSSR count). The summed E-state index contributed by atoms with van der Waals surface area (Å²) in [5, 5.41) is 15.0. The van der Waals surface area contributed by atoms with Crippen molar-refractivity contribution in [2.75, 3.05) is 32.1 Å². The molecule has 2 aromatic carbocycles. The fourth-order valence-electron chi connectivity index (χ4n) is 3.54. The minimum atomic E-state index is -0.464. The number of ether oxygens (including phenoxy) is 1. The lowest BCUT2D eigenvalue weighted by Gasteiger charge is -2.16. The molecule has 0 saturated carbocycles. The van der Waals surface area contributed by atoms with Gasteiger partial charge in [0.05, 0.1) is 12.6 Å². The number of fused-ring (bicyclic) bond motifs is 3. The van der Waals surface area contributed by atoms with Crippen molar-refractivity contribution in [2.45, 2.75) is 6.04 Å². The van der Waals surface area contributed by atoms with Gasteiger partial charge in [0, 0.05) is 30.6 Å². The van der Waals surface area contributed by atoms with Crippen LogP contribution < -0.4 is 20.7 Å². The molecule has 0 aliphatic carbocycles. The Bertz CT molecular complexity index is 1240. The first-order valence-corrected chi connectivity index (χ1v) is 9.78. The number of hydrogen-bond acceptors (Lipinski definition) is 7. The Hall–Kier alpha value is -3.72. The van der Waals surface area contributed by atoms with E-state index in [2.05, 4.69) is 16.0 Å². The second-order valence-electron chi connectivity index (χ2n) is 7.05. The molecule has 0 spiro atoms. The Labute approximate surface area is 172 Å². The number of anilines is 1. The Balaban J connectivity index is 1.65. The molecule has 1 fully saturated rings. The molecule has 1 atom stereocenters. The molecule has 1 saturated heterocycles. The monoisotopic (exact) mass is 403 g/mol. The predicted octanol–water partition coefficient (Wildman–Crippen LogP) is 1.45. The first-order chi connectivity index (χ1) is 14.7. The van der Waals surface area contributed by atoms with Crippen molar-refractivity contribution < 1.29 is 9.53 Å². The summed E-state index contributed by atoms with van der Waals surface area (Å²) in [5.41, 5.74) is 2.28. The first-order valence-electron chi connectivity index (χ1n) is 9.78.